The molecule has 0 aromatic carbocycles. The smallest absolute Gasteiger partial charge is 0.141 e. The monoisotopic (exact) mass is 219 g/mol. The SMILES string of the molecule is CN1CCC(=O)C(CCC#N)(CCC#N)C1. The predicted octanol–water partition coefficient (Wildman–Crippen LogP) is 1.48. The number of hydrogen-bond donors (Lipinski definition) is 0. The highest BCUT2D eigenvalue weighted by atomic mass is 16.1. The Morgan fingerprint density at radius 3 is 2.38 bits per heavy atom. The molecule has 0 aromatic heterocycles. The molecule has 4 nitrogen and oxygen atoms in total. The highest BCUT2D eigenvalue weighted by Gasteiger charge is 2.40. The normalized spacial score (nSPS) is 20.1. The molecule has 1 aliphatic heterocycles. The highest BCUT2D eigenvalue weighted by Crippen LogP contribution is 2.35. The lowest BCUT2D eigenvalue weighted by Gasteiger charge is -2.39. The van der Waals surface area contributed by atoms with Crippen LogP contribution in [0.25, 0.3) is 0 Å². The molecule has 86 valence electrons. The van der Waals surface area contributed by atoms with Crippen molar-refractivity contribution in [2.45, 2.75) is 32.1 Å². The number of nitriles is 2. The second kappa shape index (κ2) is 5.63. The van der Waals surface area contributed by atoms with Crippen molar-refractivity contribution in [3.8, 4) is 12.1 Å². The summed E-state index contributed by atoms with van der Waals surface area (Å²) in [5, 5.41) is 17.3. The zero-order valence-corrected chi connectivity index (χ0v) is 9.70. The number of hydrogen-bond acceptors (Lipinski definition) is 4. The van der Waals surface area contributed by atoms with E-state index in [0.29, 0.717) is 38.6 Å². The first-order valence-electron chi connectivity index (χ1n) is 5.60. The van der Waals surface area contributed by atoms with Gasteiger partial charge in [0.1, 0.15) is 5.78 Å². The van der Waals surface area contributed by atoms with E-state index < -0.39 is 5.41 Å². The number of piperidine rings is 1. The third kappa shape index (κ3) is 2.81. The first-order chi connectivity index (χ1) is 7.64. The maximum atomic E-state index is 12.0. The molecule has 0 saturated carbocycles. The van der Waals surface area contributed by atoms with Crippen molar-refractivity contribution in [2.24, 2.45) is 5.41 Å². The van der Waals surface area contributed by atoms with Crippen LogP contribution in [0, 0.1) is 28.1 Å². The molecule has 0 aromatic rings. The van der Waals surface area contributed by atoms with Crippen LogP contribution in [-0.4, -0.2) is 30.8 Å². The zero-order valence-electron chi connectivity index (χ0n) is 9.70. The number of ketones is 1. The quantitative estimate of drug-likeness (QED) is 0.718. The molecule has 4 heteroatoms. The molecule has 1 fully saturated rings. The van der Waals surface area contributed by atoms with E-state index in [1.54, 1.807) is 0 Å². The molecule has 0 amide bonds. The minimum atomic E-state index is -0.446. The Bertz CT molecular complexity index is 319. The third-order valence-corrected chi connectivity index (χ3v) is 3.32. The lowest BCUT2D eigenvalue weighted by molar-refractivity contribution is -0.134. The van der Waals surface area contributed by atoms with Crippen LogP contribution in [0.2, 0.25) is 0 Å². The fourth-order valence-electron chi connectivity index (χ4n) is 2.39. The summed E-state index contributed by atoms with van der Waals surface area (Å²) in [7, 11) is 1.99. The molecular formula is C12H17N3O. The topological polar surface area (TPSA) is 67.9 Å². The molecule has 1 heterocycles. The van der Waals surface area contributed by atoms with Gasteiger partial charge in [-0.25, -0.2) is 0 Å². The maximum Gasteiger partial charge on any atom is 0.141 e. The Kier molecular flexibility index (Phi) is 4.46. The van der Waals surface area contributed by atoms with Crippen LogP contribution in [0.3, 0.4) is 0 Å². The third-order valence-electron chi connectivity index (χ3n) is 3.32. The largest absolute Gasteiger partial charge is 0.305 e. The van der Waals surface area contributed by atoms with E-state index >= 15 is 0 Å². The van der Waals surface area contributed by atoms with Gasteiger partial charge < -0.3 is 4.90 Å². The van der Waals surface area contributed by atoms with Crippen molar-refractivity contribution in [1.29, 1.82) is 10.5 Å². The molecule has 0 bridgehead atoms. The summed E-state index contributed by atoms with van der Waals surface area (Å²) in [5.41, 5.74) is -0.446. The number of likely N-dealkylation sites (tertiary alicyclic amines) is 1. The van der Waals surface area contributed by atoms with Crippen LogP contribution in [0.5, 0.6) is 0 Å². The summed E-state index contributed by atoms with van der Waals surface area (Å²) in [6, 6.07) is 4.20. The second-order valence-corrected chi connectivity index (χ2v) is 4.51. The average Bonchev–Trinajstić information content (AvgIpc) is 2.28. The molecule has 16 heavy (non-hydrogen) atoms. The summed E-state index contributed by atoms with van der Waals surface area (Å²) < 4.78 is 0. The van der Waals surface area contributed by atoms with Crippen molar-refractivity contribution in [1.82, 2.24) is 4.90 Å². The Balaban J connectivity index is 2.78. The summed E-state index contributed by atoms with van der Waals surface area (Å²) >= 11 is 0. The van der Waals surface area contributed by atoms with Gasteiger partial charge in [-0.1, -0.05) is 0 Å². The molecule has 1 rings (SSSR count). The van der Waals surface area contributed by atoms with Gasteiger partial charge in [-0.05, 0) is 19.9 Å². The van der Waals surface area contributed by atoms with Gasteiger partial charge in [0.2, 0.25) is 0 Å². The zero-order chi connectivity index (χ0) is 12.0. The van der Waals surface area contributed by atoms with Gasteiger partial charge in [-0.15, -0.1) is 0 Å². The van der Waals surface area contributed by atoms with Crippen molar-refractivity contribution >= 4 is 5.78 Å². The number of rotatable bonds is 4. The maximum absolute atomic E-state index is 12.0. The lowest BCUT2D eigenvalue weighted by atomic mass is 9.72. The van der Waals surface area contributed by atoms with Crippen LogP contribution in [-0.2, 0) is 4.79 Å². The Morgan fingerprint density at radius 1 is 1.31 bits per heavy atom. The Hall–Kier alpha value is -1.39. The van der Waals surface area contributed by atoms with E-state index in [2.05, 4.69) is 17.0 Å². The minimum Gasteiger partial charge on any atom is -0.305 e. The molecule has 1 aliphatic rings. The van der Waals surface area contributed by atoms with E-state index in [1.165, 1.54) is 0 Å². The van der Waals surface area contributed by atoms with Crippen molar-refractivity contribution in [2.75, 3.05) is 20.1 Å². The fourth-order valence-corrected chi connectivity index (χ4v) is 2.39. The Morgan fingerprint density at radius 2 is 1.88 bits per heavy atom. The van der Waals surface area contributed by atoms with E-state index in [4.69, 9.17) is 10.5 Å². The standard InChI is InChI=1S/C12H17N3O/c1-15-9-4-11(16)12(10-15,5-2-7-13)6-3-8-14/h2-6,9-10H2,1H3. The Labute approximate surface area is 96.5 Å². The van der Waals surface area contributed by atoms with Crippen LogP contribution >= 0.6 is 0 Å². The molecule has 0 unspecified atom stereocenters. The number of carbonyl (C=O) groups excluding carboxylic acids is 1. The van der Waals surface area contributed by atoms with E-state index in [9.17, 15) is 4.79 Å². The van der Waals surface area contributed by atoms with Gasteiger partial charge in [-0.2, -0.15) is 10.5 Å². The minimum absolute atomic E-state index is 0.233. The molecule has 0 spiro atoms. The highest BCUT2D eigenvalue weighted by molar-refractivity contribution is 5.86. The van der Waals surface area contributed by atoms with Gasteiger partial charge in [0.05, 0.1) is 12.1 Å². The van der Waals surface area contributed by atoms with Gasteiger partial charge in [0, 0.05) is 37.8 Å². The van der Waals surface area contributed by atoms with Gasteiger partial charge in [0.15, 0.2) is 0 Å². The molecule has 0 N–H and O–H groups in total. The summed E-state index contributed by atoms with van der Waals surface area (Å²) in [4.78, 5) is 14.1. The van der Waals surface area contributed by atoms with E-state index in [-0.39, 0.29) is 5.78 Å². The van der Waals surface area contributed by atoms with Crippen molar-refractivity contribution in [3.63, 3.8) is 0 Å². The van der Waals surface area contributed by atoms with Crippen LogP contribution in [0.1, 0.15) is 32.1 Å². The number of carbonyl (C=O) groups is 1. The van der Waals surface area contributed by atoms with Crippen molar-refractivity contribution < 1.29 is 4.79 Å². The van der Waals surface area contributed by atoms with Crippen LogP contribution in [0.15, 0.2) is 0 Å². The van der Waals surface area contributed by atoms with Crippen LogP contribution < -0.4 is 0 Å². The molecule has 0 radical (unpaired) electrons. The lowest BCUT2D eigenvalue weighted by Crippen LogP contribution is -2.47. The first kappa shape index (κ1) is 12.7. The van der Waals surface area contributed by atoms with Gasteiger partial charge in [0.25, 0.3) is 0 Å². The second-order valence-electron chi connectivity index (χ2n) is 4.51. The number of Topliss-reactive ketones (excluding diaryl/α,β-unsaturated/α-hetero) is 1. The van der Waals surface area contributed by atoms with Crippen molar-refractivity contribution in [3.05, 3.63) is 0 Å². The van der Waals surface area contributed by atoms with E-state index in [0.717, 1.165) is 6.54 Å². The number of nitrogens with zero attached hydrogens (tertiary/aromatic N) is 3. The first-order valence-corrected chi connectivity index (χ1v) is 5.60. The average molecular weight is 219 g/mol. The summed E-state index contributed by atoms with van der Waals surface area (Å²) in [6.45, 7) is 1.48. The van der Waals surface area contributed by atoms with Gasteiger partial charge >= 0.3 is 0 Å². The predicted molar refractivity (Wildman–Crippen MR) is 59.2 cm³/mol. The molecule has 1 saturated heterocycles. The summed E-state index contributed by atoms with van der Waals surface area (Å²) in [5.74, 6) is 0.233. The molecular weight excluding hydrogens is 202 g/mol. The van der Waals surface area contributed by atoms with Crippen LogP contribution in [0.4, 0.5) is 0 Å². The van der Waals surface area contributed by atoms with Gasteiger partial charge in [-0.3, -0.25) is 4.79 Å². The molecule has 0 atom stereocenters. The summed E-state index contributed by atoms with van der Waals surface area (Å²) in [6.07, 6.45) is 2.52. The van der Waals surface area contributed by atoms with E-state index in [1.807, 2.05) is 7.05 Å². The fraction of sp³-hybridized carbons (Fsp3) is 0.750. The molecule has 0 aliphatic carbocycles.